The van der Waals surface area contributed by atoms with E-state index >= 15 is 0 Å². The monoisotopic (exact) mass is 409 g/mol. The lowest BCUT2D eigenvalue weighted by Gasteiger charge is -2.10. The van der Waals surface area contributed by atoms with E-state index in [1.807, 2.05) is 30.3 Å². The molecule has 3 aromatic heterocycles. The number of thioether (sulfide) groups is 1. The lowest BCUT2D eigenvalue weighted by atomic mass is 10.1. The van der Waals surface area contributed by atoms with Crippen molar-refractivity contribution in [1.82, 2.24) is 25.0 Å². The smallest absolute Gasteiger partial charge is 0.247 e. The summed E-state index contributed by atoms with van der Waals surface area (Å²) in [6.07, 6.45) is 2.35. The van der Waals surface area contributed by atoms with Crippen molar-refractivity contribution in [2.75, 3.05) is 0 Å². The Morgan fingerprint density at radius 1 is 1.11 bits per heavy atom. The van der Waals surface area contributed by atoms with Gasteiger partial charge >= 0.3 is 0 Å². The van der Waals surface area contributed by atoms with E-state index in [4.69, 9.17) is 4.42 Å². The summed E-state index contributed by atoms with van der Waals surface area (Å²) in [5.41, 5.74) is 2.14. The normalized spacial score (nSPS) is 15.1. The highest BCUT2D eigenvalue weighted by Crippen LogP contribution is 2.44. The molecule has 1 aromatic carbocycles. The molecule has 0 aliphatic heterocycles. The minimum Gasteiger partial charge on any atom is -0.419 e. The number of hydrogen-bond donors (Lipinski definition) is 0. The Hall–Kier alpha value is -2.45. The molecule has 1 aliphatic carbocycles. The molecule has 0 radical (unpaired) electrons. The molecule has 1 fully saturated rings. The predicted molar refractivity (Wildman–Crippen MR) is 110 cm³/mol. The van der Waals surface area contributed by atoms with E-state index in [2.05, 4.69) is 50.3 Å². The maximum atomic E-state index is 5.94. The summed E-state index contributed by atoms with van der Waals surface area (Å²) in [6.45, 7) is 4.12. The summed E-state index contributed by atoms with van der Waals surface area (Å²) in [7, 11) is 0. The maximum Gasteiger partial charge on any atom is 0.247 e. The van der Waals surface area contributed by atoms with Crippen molar-refractivity contribution in [3.8, 4) is 22.2 Å². The number of nitrogens with zero attached hydrogens (tertiary/aromatic N) is 5. The molecule has 3 heterocycles. The Balaban J connectivity index is 1.39. The van der Waals surface area contributed by atoms with Gasteiger partial charge in [-0.15, -0.1) is 31.7 Å². The predicted octanol–water partition coefficient (Wildman–Crippen LogP) is 5.55. The summed E-state index contributed by atoms with van der Waals surface area (Å²) in [5, 5.41) is 20.4. The molecule has 0 spiro atoms. The van der Waals surface area contributed by atoms with Gasteiger partial charge in [0.05, 0.1) is 10.1 Å². The SMILES string of the molecule is Cc1ccc(-c2nnc(C(C)Sc3nnc(-c4cccs4)n3C3CC3)o2)cc1. The Bertz CT molecular complexity index is 1080. The van der Waals surface area contributed by atoms with Crippen LogP contribution in [0.2, 0.25) is 0 Å². The van der Waals surface area contributed by atoms with Crippen LogP contribution in [0.4, 0.5) is 0 Å². The van der Waals surface area contributed by atoms with Gasteiger partial charge in [0.25, 0.3) is 0 Å². The molecule has 1 aliphatic rings. The minimum absolute atomic E-state index is 0.00964. The first-order valence-electron chi connectivity index (χ1n) is 9.25. The third kappa shape index (κ3) is 3.38. The van der Waals surface area contributed by atoms with E-state index in [0.717, 1.165) is 21.4 Å². The highest BCUT2D eigenvalue weighted by Gasteiger charge is 2.31. The van der Waals surface area contributed by atoms with Crippen molar-refractivity contribution >= 4 is 23.1 Å². The van der Waals surface area contributed by atoms with Crippen LogP contribution in [0.3, 0.4) is 0 Å². The van der Waals surface area contributed by atoms with Gasteiger partial charge in [-0.05, 0) is 50.3 Å². The fraction of sp³-hybridized carbons (Fsp3) is 0.300. The summed E-state index contributed by atoms with van der Waals surface area (Å²) in [4.78, 5) is 1.15. The van der Waals surface area contributed by atoms with Gasteiger partial charge in [-0.3, -0.25) is 4.57 Å². The van der Waals surface area contributed by atoms with E-state index in [9.17, 15) is 0 Å². The topological polar surface area (TPSA) is 69.6 Å². The quantitative estimate of drug-likeness (QED) is 0.389. The van der Waals surface area contributed by atoms with Crippen molar-refractivity contribution in [3.63, 3.8) is 0 Å². The second-order valence-corrected chi connectivity index (χ2v) is 9.21. The van der Waals surface area contributed by atoms with E-state index in [1.165, 1.54) is 18.4 Å². The number of rotatable bonds is 6. The molecule has 4 aromatic rings. The number of benzene rings is 1. The molecular weight excluding hydrogens is 390 g/mol. The van der Waals surface area contributed by atoms with Crippen LogP contribution >= 0.6 is 23.1 Å². The van der Waals surface area contributed by atoms with Crippen LogP contribution in [0.15, 0.2) is 51.4 Å². The Morgan fingerprint density at radius 3 is 2.64 bits per heavy atom. The molecule has 28 heavy (non-hydrogen) atoms. The highest BCUT2D eigenvalue weighted by atomic mass is 32.2. The fourth-order valence-corrected chi connectivity index (χ4v) is 4.67. The van der Waals surface area contributed by atoms with Gasteiger partial charge in [-0.25, -0.2) is 0 Å². The van der Waals surface area contributed by atoms with Crippen molar-refractivity contribution in [2.45, 2.75) is 43.1 Å². The van der Waals surface area contributed by atoms with Crippen molar-refractivity contribution in [1.29, 1.82) is 0 Å². The molecule has 0 bridgehead atoms. The van der Waals surface area contributed by atoms with Crippen LogP contribution in [-0.4, -0.2) is 25.0 Å². The summed E-state index contributed by atoms with van der Waals surface area (Å²) in [5.74, 6) is 2.10. The lowest BCUT2D eigenvalue weighted by Crippen LogP contribution is -2.00. The largest absolute Gasteiger partial charge is 0.419 e. The van der Waals surface area contributed by atoms with Crippen LogP contribution in [0.1, 0.15) is 42.5 Å². The molecule has 5 rings (SSSR count). The van der Waals surface area contributed by atoms with Crippen molar-refractivity contribution < 1.29 is 4.42 Å². The first-order chi connectivity index (χ1) is 13.7. The van der Waals surface area contributed by atoms with Gasteiger partial charge in [-0.1, -0.05) is 35.5 Å². The highest BCUT2D eigenvalue weighted by molar-refractivity contribution is 7.99. The van der Waals surface area contributed by atoms with Crippen LogP contribution in [0.5, 0.6) is 0 Å². The van der Waals surface area contributed by atoms with Gasteiger partial charge in [0.15, 0.2) is 11.0 Å². The average Bonchev–Trinajstić information content (AvgIpc) is 3.12. The standard InChI is InChI=1S/C20H19N5OS2/c1-12-5-7-14(8-6-12)19-23-22-18(26-19)13(2)28-20-24-21-17(16-4-3-11-27-16)25(20)15-9-10-15/h3-8,11,13,15H,9-10H2,1-2H3. The number of thiophene rings is 1. The maximum absolute atomic E-state index is 5.94. The molecule has 6 nitrogen and oxygen atoms in total. The zero-order valence-electron chi connectivity index (χ0n) is 15.6. The Labute approximate surface area is 171 Å². The zero-order chi connectivity index (χ0) is 19.1. The van der Waals surface area contributed by atoms with Crippen LogP contribution in [0.25, 0.3) is 22.2 Å². The Morgan fingerprint density at radius 2 is 1.93 bits per heavy atom. The molecule has 0 amide bonds. The van der Waals surface area contributed by atoms with Crippen molar-refractivity contribution in [2.24, 2.45) is 0 Å². The molecule has 0 N–H and O–H groups in total. The first kappa shape index (κ1) is 17.6. The third-order valence-corrected chi connectivity index (χ3v) is 6.60. The van der Waals surface area contributed by atoms with Crippen molar-refractivity contribution in [3.05, 3.63) is 53.2 Å². The summed E-state index contributed by atoms with van der Waals surface area (Å²) in [6, 6.07) is 12.7. The van der Waals surface area contributed by atoms with Crippen LogP contribution < -0.4 is 0 Å². The molecule has 1 atom stereocenters. The average molecular weight is 410 g/mol. The van der Waals surface area contributed by atoms with E-state index in [0.29, 0.717) is 17.8 Å². The van der Waals surface area contributed by atoms with E-state index < -0.39 is 0 Å². The van der Waals surface area contributed by atoms with Gasteiger partial charge in [0.1, 0.15) is 0 Å². The summed E-state index contributed by atoms with van der Waals surface area (Å²) < 4.78 is 8.21. The molecule has 8 heteroatoms. The first-order valence-corrected chi connectivity index (χ1v) is 11.0. The Kier molecular flexibility index (Phi) is 4.52. The number of aryl methyl sites for hydroxylation is 1. The third-order valence-electron chi connectivity index (χ3n) is 4.69. The number of aromatic nitrogens is 5. The minimum atomic E-state index is -0.00964. The van der Waals surface area contributed by atoms with Crippen LogP contribution in [0, 0.1) is 6.92 Å². The van der Waals surface area contributed by atoms with E-state index in [-0.39, 0.29) is 5.25 Å². The number of hydrogen-bond acceptors (Lipinski definition) is 7. The van der Waals surface area contributed by atoms with Gasteiger partial charge < -0.3 is 4.42 Å². The molecule has 1 unspecified atom stereocenters. The lowest BCUT2D eigenvalue weighted by molar-refractivity contribution is 0.508. The fourth-order valence-electron chi connectivity index (χ4n) is 3.01. The van der Waals surface area contributed by atoms with Crippen LogP contribution in [-0.2, 0) is 0 Å². The second kappa shape index (κ2) is 7.18. The summed E-state index contributed by atoms with van der Waals surface area (Å²) >= 11 is 3.31. The zero-order valence-corrected chi connectivity index (χ0v) is 17.2. The van der Waals surface area contributed by atoms with E-state index in [1.54, 1.807) is 23.1 Å². The molecule has 142 valence electrons. The van der Waals surface area contributed by atoms with Gasteiger partial charge in [0, 0.05) is 11.6 Å². The molecule has 1 saturated carbocycles. The van der Waals surface area contributed by atoms with Gasteiger partial charge in [0.2, 0.25) is 11.8 Å². The molecular formula is C20H19N5OS2. The van der Waals surface area contributed by atoms with Gasteiger partial charge in [-0.2, -0.15) is 0 Å². The molecule has 0 saturated heterocycles. The second-order valence-electron chi connectivity index (χ2n) is 6.96.